The van der Waals surface area contributed by atoms with Gasteiger partial charge in [0.2, 0.25) is 0 Å². The molecule has 0 unspecified atom stereocenters. The van der Waals surface area contributed by atoms with Crippen molar-refractivity contribution >= 4 is 11.7 Å². The first-order valence-electron chi connectivity index (χ1n) is 5.02. The molecule has 1 aromatic carbocycles. The maximum atomic E-state index is 11.4. The van der Waals surface area contributed by atoms with Crippen LogP contribution in [0.1, 0.15) is 18.9 Å². The molecule has 15 heavy (non-hydrogen) atoms. The van der Waals surface area contributed by atoms with Crippen LogP contribution in [-0.4, -0.2) is 6.03 Å². The van der Waals surface area contributed by atoms with Crippen molar-refractivity contribution in [3.8, 4) is 0 Å². The number of rotatable bonds is 3. The Morgan fingerprint density at radius 1 is 1.40 bits per heavy atom. The summed E-state index contributed by atoms with van der Waals surface area (Å²) in [7, 11) is 0. The molecule has 0 atom stereocenters. The Labute approximate surface area is 90.2 Å². The van der Waals surface area contributed by atoms with Gasteiger partial charge in [0.05, 0.1) is 0 Å². The number of anilines is 1. The van der Waals surface area contributed by atoms with E-state index in [0.29, 0.717) is 0 Å². The van der Waals surface area contributed by atoms with Gasteiger partial charge in [0, 0.05) is 11.9 Å². The third-order valence-electron chi connectivity index (χ3n) is 1.96. The molecule has 0 aromatic heterocycles. The molecule has 1 aromatic rings. The van der Waals surface area contributed by atoms with Gasteiger partial charge in [-0.2, -0.15) is 0 Å². The summed E-state index contributed by atoms with van der Waals surface area (Å²) in [5, 5.41) is 5.40. The summed E-state index contributed by atoms with van der Waals surface area (Å²) in [6.07, 6.45) is 4.44. The molecule has 0 spiro atoms. The van der Waals surface area contributed by atoms with Crippen molar-refractivity contribution in [1.82, 2.24) is 5.32 Å². The quantitative estimate of drug-likeness (QED) is 0.780. The number of aryl methyl sites for hydroxylation is 1. The SMILES string of the molecule is CC/C=C/NC(=O)Nc1ccccc1C. The minimum atomic E-state index is -0.214. The predicted octanol–water partition coefficient (Wildman–Crippen LogP) is 3.04. The maximum absolute atomic E-state index is 11.4. The zero-order chi connectivity index (χ0) is 11.1. The summed E-state index contributed by atoms with van der Waals surface area (Å²) in [5.41, 5.74) is 1.88. The number of nitrogens with one attached hydrogen (secondary N) is 2. The van der Waals surface area contributed by atoms with Gasteiger partial charge in [-0.05, 0) is 25.0 Å². The molecular formula is C12H16N2O. The van der Waals surface area contributed by atoms with E-state index in [9.17, 15) is 4.79 Å². The van der Waals surface area contributed by atoms with Gasteiger partial charge in [-0.1, -0.05) is 31.2 Å². The molecule has 0 aliphatic heterocycles. The average Bonchev–Trinajstić information content (AvgIpc) is 2.22. The molecule has 2 amide bonds. The van der Waals surface area contributed by atoms with Gasteiger partial charge in [-0.3, -0.25) is 0 Å². The van der Waals surface area contributed by atoms with Gasteiger partial charge in [-0.15, -0.1) is 0 Å². The van der Waals surface area contributed by atoms with Crippen LogP contribution < -0.4 is 10.6 Å². The molecule has 0 aliphatic rings. The second-order valence-corrected chi connectivity index (χ2v) is 3.22. The Morgan fingerprint density at radius 3 is 2.80 bits per heavy atom. The lowest BCUT2D eigenvalue weighted by atomic mass is 10.2. The number of hydrogen-bond acceptors (Lipinski definition) is 1. The molecule has 80 valence electrons. The maximum Gasteiger partial charge on any atom is 0.323 e. The van der Waals surface area contributed by atoms with Crippen LogP contribution in [0.4, 0.5) is 10.5 Å². The smallest absolute Gasteiger partial charge is 0.315 e. The van der Waals surface area contributed by atoms with Gasteiger partial charge in [-0.25, -0.2) is 4.79 Å². The van der Waals surface area contributed by atoms with Crippen molar-refractivity contribution in [2.75, 3.05) is 5.32 Å². The molecule has 0 saturated heterocycles. The lowest BCUT2D eigenvalue weighted by Crippen LogP contribution is -2.24. The molecular weight excluding hydrogens is 188 g/mol. The lowest BCUT2D eigenvalue weighted by Gasteiger charge is -2.06. The van der Waals surface area contributed by atoms with E-state index in [1.165, 1.54) is 0 Å². The molecule has 0 bridgehead atoms. The summed E-state index contributed by atoms with van der Waals surface area (Å²) < 4.78 is 0. The van der Waals surface area contributed by atoms with Gasteiger partial charge < -0.3 is 10.6 Å². The van der Waals surface area contributed by atoms with Crippen molar-refractivity contribution in [1.29, 1.82) is 0 Å². The third-order valence-corrected chi connectivity index (χ3v) is 1.96. The first-order chi connectivity index (χ1) is 7.24. The van der Waals surface area contributed by atoms with Crippen molar-refractivity contribution < 1.29 is 4.79 Å². The zero-order valence-electron chi connectivity index (χ0n) is 9.08. The second kappa shape index (κ2) is 5.86. The van der Waals surface area contributed by atoms with E-state index < -0.39 is 0 Å². The topological polar surface area (TPSA) is 41.1 Å². The van der Waals surface area contributed by atoms with Crippen molar-refractivity contribution in [3.63, 3.8) is 0 Å². The highest BCUT2D eigenvalue weighted by Gasteiger charge is 2.00. The van der Waals surface area contributed by atoms with E-state index in [2.05, 4.69) is 10.6 Å². The second-order valence-electron chi connectivity index (χ2n) is 3.22. The molecule has 0 radical (unpaired) electrons. The lowest BCUT2D eigenvalue weighted by molar-refractivity contribution is 0.255. The summed E-state index contributed by atoms with van der Waals surface area (Å²) in [6, 6.07) is 7.45. The number of carbonyl (C=O) groups excluding carboxylic acids is 1. The normalized spacial score (nSPS) is 10.3. The van der Waals surface area contributed by atoms with Crippen LogP contribution in [0.15, 0.2) is 36.5 Å². The fourth-order valence-electron chi connectivity index (χ4n) is 1.12. The first-order valence-corrected chi connectivity index (χ1v) is 5.02. The largest absolute Gasteiger partial charge is 0.323 e. The molecule has 0 saturated carbocycles. The standard InChI is InChI=1S/C12H16N2O/c1-3-4-9-13-12(15)14-11-8-6-5-7-10(11)2/h4-9H,3H2,1-2H3,(H2,13,14,15)/b9-4+. The molecule has 3 heteroatoms. The van der Waals surface area contributed by atoms with E-state index >= 15 is 0 Å². The summed E-state index contributed by atoms with van der Waals surface area (Å²) in [4.78, 5) is 11.4. The minimum Gasteiger partial charge on any atom is -0.315 e. The Hall–Kier alpha value is -1.77. The molecule has 2 N–H and O–H groups in total. The molecule has 0 heterocycles. The number of carbonyl (C=O) groups is 1. The first kappa shape index (κ1) is 11.3. The van der Waals surface area contributed by atoms with E-state index in [1.54, 1.807) is 6.20 Å². The molecule has 3 nitrogen and oxygen atoms in total. The van der Waals surface area contributed by atoms with Crippen LogP contribution in [-0.2, 0) is 0 Å². The minimum absolute atomic E-state index is 0.214. The Bertz CT molecular complexity index is 358. The summed E-state index contributed by atoms with van der Waals surface area (Å²) >= 11 is 0. The van der Waals surface area contributed by atoms with Crippen molar-refractivity contribution in [2.24, 2.45) is 0 Å². The van der Waals surface area contributed by atoms with Crippen LogP contribution in [0, 0.1) is 6.92 Å². The fraction of sp³-hybridized carbons (Fsp3) is 0.250. The monoisotopic (exact) mass is 204 g/mol. The van der Waals surface area contributed by atoms with Crippen molar-refractivity contribution in [3.05, 3.63) is 42.1 Å². The average molecular weight is 204 g/mol. The van der Waals surface area contributed by atoms with E-state index in [0.717, 1.165) is 17.7 Å². The molecule has 0 fully saturated rings. The van der Waals surface area contributed by atoms with Crippen LogP contribution in [0.3, 0.4) is 0 Å². The molecule has 1 rings (SSSR count). The highest BCUT2D eigenvalue weighted by atomic mass is 16.2. The fourth-order valence-corrected chi connectivity index (χ4v) is 1.12. The van der Waals surface area contributed by atoms with Crippen LogP contribution in [0.5, 0.6) is 0 Å². The number of urea groups is 1. The summed E-state index contributed by atoms with van der Waals surface area (Å²) in [5.74, 6) is 0. The van der Waals surface area contributed by atoms with Crippen LogP contribution >= 0.6 is 0 Å². The van der Waals surface area contributed by atoms with Gasteiger partial charge in [0.25, 0.3) is 0 Å². The van der Waals surface area contributed by atoms with E-state index in [-0.39, 0.29) is 6.03 Å². The number of benzene rings is 1. The Balaban J connectivity index is 2.52. The van der Waals surface area contributed by atoms with Gasteiger partial charge in [0.1, 0.15) is 0 Å². The van der Waals surface area contributed by atoms with E-state index in [4.69, 9.17) is 0 Å². The molecule has 0 aliphatic carbocycles. The number of allylic oxidation sites excluding steroid dienone is 1. The predicted molar refractivity (Wildman–Crippen MR) is 62.8 cm³/mol. The Kier molecular flexibility index (Phi) is 4.41. The van der Waals surface area contributed by atoms with Gasteiger partial charge in [0.15, 0.2) is 0 Å². The zero-order valence-corrected chi connectivity index (χ0v) is 9.08. The van der Waals surface area contributed by atoms with E-state index in [1.807, 2.05) is 44.2 Å². The van der Waals surface area contributed by atoms with Gasteiger partial charge >= 0.3 is 6.03 Å². The summed E-state index contributed by atoms with van der Waals surface area (Å²) in [6.45, 7) is 3.97. The highest BCUT2D eigenvalue weighted by molar-refractivity contribution is 5.90. The number of hydrogen-bond donors (Lipinski definition) is 2. The number of para-hydroxylation sites is 1. The third kappa shape index (κ3) is 3.85. The Morgan fingerprint density at radius 2 is 2.13 bits per heavy atom. The van der Waals surface area contributed by atoms with Crippen LogP contribution in [0.2, 0.25) is 0 Å². The number of amides is 2. The van der Waals surface area contributed by atoms with Crippen molar-refractivity contribution in [2.45, 2.75) is 20.3 Å². The van der Waals surface area contributed by atoms with Crippen LogP contribution in [0.25, 0.3) is 0 Å². The highest BCUT2D eigenvalue weighted by Crippen LogP contribution is 2.12.